The van der Waals surface area contributed by atoms with E-state index in [2.05, 4.69) is 51.2 Å². The minimum atomic E-state index is 0.773. The number of hydrogen-bond acceptors (Lipinski definition) is 4. The number of thiophene rings is 1. The minimum absolute atomic E-state index is 0.773. The van der Waals surface area contributed by atoms with Gasteiger partial charge in [-0.1, -0.05) is 6.07 Å². The smallest absolute Gasteiger partial charge is 0.102 e. The summed E-state index contributed by atoms with van der Waals surface area (Å²) in [7, 11) is 0. The van der Waals surface area contributed by atoms with Crippen LogP contribution in [0.4, 0.5) is 0 Å². The Balaban J connectivity index is 1.54. The first kappa shape index (κ1) is 13.1. The Bertz CT molecular complexity index is 653. The maximum absolute atomic E-state index is 4.33. The van der Waals surface area contributed by atoms with Crippen molar-refractivity contribution in [2.75, 3.05) is 0 Å². The van der Waals surface area contributed by atoms with Crippen LogP contribution in [0, 0.1) is 0 Å². The van der Waals surface area contributed by atoms with Gasteiger partial charge >= 0.3 is 0 Å². The molecule has 0 bridgehead atoms. The van der Waals surface area contributed by atoms with Gasteiger partial charge in [-0.15, -0.1) is 11.3 Å². The highest BCUT2D eigenvalue weighted by molar-refractivity contribution is 7.13. The Morgan fingerprint density at radius 3 is 3.10 bits per heavy atom. The Morgan fingerprint density at radius 1 is 1.40 bits per heavy atom. The van der Waals surface area contributed by atoms with Crippen LogP contribution in [0.2, 0.25) is 0 Å². The number of aryl methyl sites for hydroxylation is 1. The van der Waals surface area contributed by atoms with Gasteiger partial charge in [-0.2, -0.15) is 10.2 Å². The summed E-state index contributed by atoms with van der Waals surface area (Å²) < 4.78 is 1.93. The molecular weight excluding hydrogens is 270 g/mol. The van der Waals surface area contributed by atoms with Crippen molar-refractivity contribution in [2.24, 2.45) is 0 Å². The van der Waals surface area contributed by atoms with Crippen molar-refractivity contribution < 1.29 is 0 Å². The molecule has 3 rings (SSSR count). The minimum Gasteiger partial charge on any atom is -0.307 e. The van der Waals surface area contributed by atoms with Gasteiger partial charge in [-0.3, -0.25) is 9.78 Å². The lowest BCUT2D eigenvalue weighted by Crippen LogP contribution is -2.12. The van der Waals surface area contributed by atoms with Crippen molar-refractivity contribution in [3.05, 3.63) is 47.2 Å². The van der Waals surface area contributed by atoms with Gasteiger partial charge < -0.3 is 5.32 Å². The van der Waals surface area contributed by atoms with E-state index in [0.29, 0.717) is 0 Å². The largest absolute Gasteiger partial charge is 0.307 e. The van der Waals surface area contributed by atoms with Crippen LogP contribution >= 0.6 is 11.3 Å². The van der Waals surface area contributed by atoms with Gasteiger partial charge in [0.05, 0.1) is 11.1 Å². The van der Waals surface area contributed by atoms with E-state index in [1.807, 2.05) is 16.9 Å². The molecule has 0 saturated heterocycles. The third kappa shape index (κ3) is 2.97. The monoisotopic (exact) mass is 287 g/mol. The van der Waals surface area contributed by atoms with Crippen molar-refractivity contribution in [1.29, 1.82) is 0 Å². The number of nitrogens with zero attached hydrogens (tertiary/aromatic N) is 3. The van der Waals surface area contributed by atoms with E-state index in [1.54, 1.807) is 11.3 Å². The summed E-state index contributed by atoms with van der Waals surface area (Å²) in [6.45, 7) is 4.58. The molecule has 0 unspecified atom stereocenters. The summed E-state index contributed by atoms with van der Waals surface area (Å²) >= 11 is 1.70. The summed E-state index contributed by atoms with van der Waals surface area (Å²) in [5.74, 6) is 0. The van der Waals surface area contributed by atoms with Crippen molar-refractivity contribution in [2.45, 2.75) is 26.6 Å². The van der Waals surface area contributed by atoms with E-state index < -0.39 is 0 Å². The number of H-pyrrole nitrogens is 1. The second kappa shape index (κ2) is 6.02. The second-order valence-corrected chi connectivity index (χ2v) is 5.51. The van der Waals surface area contributed by atoms with Crippen LogP contribution in [0.5, 0.6) is 0 Å². The molecule has 0 saturated carbocycles. The van der Waals surface area contributed by atoms with Crippen LogP contribution in [-0.2, 0) is 19.6 Å². The molecule has 0 amide bonds. The molecule has 0 atom stereocenters. The summed E-state index contributed by atoms with van der Waals surface area (Å²) in [5.41, 5.74) is 3.30. The van der Waals surface area contributed by atoms with Gasteiger partial charge in [0, 0.05) is 37.1 Å². The second-order valence-electron chi connectivity index (χ2n) is 4.56. The summed E-state index contributed by atoms with van der Waals surface area (Å²) in [5, 5.41) is 17.1. The SMILES string of the molecule is CCn1cc(CNCc2cc(-c3cccs3)n[nH]2)cn1. The Hall–Kier alpha value is -1.92. The lowest BCUT2D eigenvalue weighted by Gasteiger charge is -1.99. The van der Waals surface area contributed by atoms with Crippen LogP contribution in [0.3, 0.4) is 0 Å². The van der Waals surface area contributed by atoms with E-state index >= 15 is 0 Å². The first-order chi connectivity index (χ1) is 9.85. The van der Waals surface area contributed by atoms with Crippen LogP contribution < -0.4 is 5.32 Å². The van der Waals surface area contributed by atoms with Crippen molar-refractivity contribution >= 4 is 11.3 Å². The van der Waals surface area contributed by atoms with Gasteiger partial charge in [0.2, 0.25) is 0 Å². The Kier molecular flexibility index (Phi) is 3.94. The number of hydrogen-bond donors (Lipinski definition) is 2. The van der Waals surface area contributed by atoms with Crippen LogP contribution in [0.1, 0.15) is 18.2 Å². The molecule has 6 heteroatoms. The zero-order valence-corrected chi connectivity index (χ0v) is 12.2. The molecule has 104 valence electrons. The Labute approximate surface area is 121 Å². The van der Waals surface area contributed by atoms with Crippen LogP contribution in [-0.4, -0.2) is 20.0 Å². The molecule has 3 heterocycles. The molecule has 5 nitrogen and oxygen atoms in total. The number of rotatable bonds is 6. The summed E-state index contributed by atoms with van der Waals surface area (Å²) in [6.07, 6.45) is 3.97. The Morgan fingerprint density at radius 2 is 2.35 bits per heavy atom. The maximum Gasteiger partial charge on any atom is 0.102 e. The highest BCUT2D eigenvalue weighted by Gasteiger charge is 2.04. The zero-order chi connectivity index (χ0) is 13.8. The lowest BCUT2D eigenvalue weighted by atomic mass is 10.3. The molecule has 0 spiro atoms. The maximum atomic E-state index is 4.33. The van der Waals surface area contributed by atoms with Crippen molar-refractivity contribution in [3.8, 4) is 10.6 Å². The molecule has 0 aliphatic carbocycles. The molecule has 0 aliphatic heterocycles. The fourth-order valence-electron chi connectivity index (χ4n) is 2.01. The lowest BCUT2D eigenvalue weighted by molar-refractivity contribution is 0.654. The number of aromatic nitrogens is 4. The predicted molar refractivity (Wildman–Crippen MR) is 80.3 cm³/mol. The topological polar surface area (TPSA) is 58.5 Å². The number of aromatic amines is 1. The third-order valence-electron chi connectivity index (χ3n) is 3.06. The first-order valence-corrected chi connectivity index (χ1v) is 7.53. The number of nitrogens with one attached hydrogen (secondary N) is 2. The third-order valence-corrected chi connectivity index (χ3v) is 3.95. The summed E-state index contributed by atoms with van der Waals surface area (Å²) in [6, 6.07) is 6.21. The van der Waals surface area contributed by atoms with E-state index in [4.69, 9.17) is 0 Å². The first-order valence-electron chi connectivity index (χ1n) is 6.65. The van der Waals surface area contributed by atoms with Gasteiger partial charge in [-0.25, -0.2) is 0 Å². The molecule has 0 radical (unpaired) electrons. The molecule has 0 aromatic carbocycles. The van der Waals surface area contributed by atoms with Gasteiger partial charge in [-0.05, 0) is 24.4 Å². The van der Waals surface area contributed by atoms with Gasteiger partial charge in [0.25, 0.3) is 0 Å². The zero-order valence-electron chi connectivity index (χ0n) is 11.3. The normalized spacial score (nSPS) is 11.1. The average Bonchev–Trinajstić information content (AvgIpc) is 3.20. The molecule has 3 aromatic rings. The van der Waals surface area contributed by atoms with E-state index in [9.17, 15) is 0 Å². The standard InChI is InChI=1S/C14H17N5S/c1-2-19-10-11(8-16-19)7-15-9-12-6-13(18-17-12)14-4-3-5-20-14/h3-6,8,10,15H,2,7,9H2,1H3,(H,17,18). The molecule has 0 fully saturated rings. The molecule has 20 heavy (non-hydrogen) atoms. The molecular formula is C14H17N5S. The molecule has 0 aliphatic rings. The van der Waals surface area contributed by atoms with E-state index in [0.717, 1.165) is 31.0 Å². The molecule has 2 N–H and O–H groups in total. The average molecular weight is 287 g/mol. The fraction of sp³-hybridized carbons (Fsp3) is 0.286. The predicted octanol–water partition coefficient (Wildman–Crippen LogP) is 2.64. The van der Waals surface area contributed by atoms with Crippen molar-refractivity contribution in [3.63, 3.8) is 0 Å². The highest BCUT2D eigenvalue weighted by atomic mass is 32.1. The quantitative estimate of drug-likeness (QED) is 0.733. The van der Waals surface area contributed by atoms with E-state index in [1.165, 1.54) is 10.4 Å². The fourth-order valence-corrected chi connectivity index (χ4v) is 2.70. The van der Waals surface area contributed by atoms with Crippen molar-refractivity contribution in [1.82, 2.24) is 25.3 Å². The van der Waals surface area contributed by atoms with Crippen LogP contribution in [0.15, 0.2) is 36.0 Å². The molecule has 3 aromatic heterocycles. The highest BCUT2D eigenvalue weighted by Crippen LogP contribution is 2.22. The van der Waals surface area contributed by atoms with Crippen LogP contribution in [0.25, 0.3) is 10.6 Å². The van der Waals surface area contributed by atoms with Gasteiger partial charge in [0.15, 0.2) is 0 Å². The van der Waals surface area contributed by atoms with E-state index in [-0.39, 0.29) is 0 Å². The summed E-state index contributed by atoms with van der Waals surface area (Å²) in [4.78, 5) is 1.19. The van der Waals surface area contributed by atoms with Gasteiger partial charge in [0.1, 0.15) is 5.69 Å².